The van der Waals surface area contributed by atoms with Gasteiger partial charge in [-0.15, -0.1) is 0 Å². The maximum absolute atomic E-state index is 9.60. The first-order valence-corrected chi connectivity index (χ1v) is 6.13. The Morgan fingerprint density at radius 1 is 1.11 bits per heavy atom. The van der Waals surface area contributed by atoms with Gasteiger partial charge in [-0.2, -0.15) is 0 Å². The number of hydrogen-bond donors (Lipinski definition) is 1. The Morgan fingerprint density at radius 3 is 2.44 bits per heavy atom. The van der Waals surface area contributed by atoms with Crippen molar-refractivity contribution < 1.29 is 5.11 Å². The first-order valence-electron chi connectivity index (χ1n) is 6.13. The number of pyridine rings is 1. The van der Waals surface area contributed by atoms with Gasteiger partial charge in [0.25, 0.3) is 0 Å². The van der Waals surface area contributed by atoms with E-state index in [0.29, 0.717) is 13.1 Å². The van der Waals surface area contributed by atoms with Crippen LogP contribution in [0.15, 0.2) is 54.7 Å². The van der Waals surface area contributed by atoms with Crippen molar-refractivity contribution in [1.82, 2.24) is 4.98 Å². The summed E-state index contributed by atoms with van der Waals surface area (Å²) in [5.41, 5.74) is 2.10. The van der Waals surface area contributed by atoms with Crippen LogP contribution < -0.4 is 4.90 Å². The second-order valence-corrected chi connectivity index (χ2v) is 4.39. The van der Waals surface area contributed by atoms with Crippen molar-refractivity contribution in [2.45, 2.75) is 19.6 Å². The molecule has 0 aliphatic rings. The van der Waals surface area contributed by atoms with Gasteiger partial charge in [0.05, 0.1) is 18.3 Å². The molecule has 94 valence electrons. The maximum atomic E-state index is 9.60. The number of rotatable bonds is 5. The topological polar surface area (TPSA) is 36.4 Å². The molecule has 1 atom stereocenters. The Labute approximate surface area is 108 Å². The van der Waals surface area contributed by atoms with Crippen molar-refractivity contribution in [2.24, 2.45) is 0 Å². The summed E-state index contributed by atoms with van der Waals surface area (Å²) in [5.74, 6) is 0. The molecule has 0 saturated heterocycles. The number of benzene rings is 1. The van der Waals surface area contributed by atoms with Gasteiger partial charge in [0.1, 0.15) is 0 Å². The van der Waals surface area contributed by atoms with E-state index in [1.54, 1.807) is 13.1 Å². The highest BCUT2D eigenvalue weighted by molar-refractivity contribution is 5.46. The minimum atomic E-state index is -0.367. The van der Waals surface area contributed by atoms with Gasteiger partial charge in [0.2, 0.25) is 0 Å². The zero-order valence-electron chi connectivity index (χ0n) is 10.5. The highest BCUT2D eigenvalue weighted by atomic mass is 16.3. The van der Waals surface area contributed by atoms with Gasteiger partial charge in [-0.1, -0.05) is 24.3 Å². The van der Waals surface area contributed by atoms with Crippen LogP contribution in [-0.2, 0) is 6.54 Å². The SMILES string of the molecule is C[C@H](O)CN(Cc1ccccn1)c1ccccc1. The second kappa shape index (κ2) is 6.17. The van der Waals surface area contributed by atoms with Crippen LogP contribution in [0.1, 0.15) is 12.6 Å². The highest BCUT2D eigenvalue weighted by Gasteiger charge is 2.10. The minimum absolute atomic E-state index is 0.367. The molecule has 0 radical (unpaired) electrons. The molecule has 2 rings (SSSR count). The van der Waals surface area contributed by atoms with E-state index < -0.39 is 0 Å². The molecule has 0 fully saturated rings. The van der Waals surface area contributed by atoms with Crippen LogP contribution >= 0.6 is 0 Å². The van der Waals surface area contributed by atoms with Crippen molar-refractivity contribution in [1.29, 1.82) is 0 Å². The van der Waals surface area contributed by atoms with E-state index in [-0.39, 0.29) is 6.10 Å². The van der Waals surface area contributed by atoms with Crippen LogP contribution in [0, 0.1) is 0 Å². The molecule has 1 aromatic heterocycles. The number of anilines is 1. The largest absolute Gasteiger partial charge is 0.392 e. The maximum Gasteiger partial charge on any atom is 0.0687 e. The zero-order chi connectivity index (χ0) is 12.8. The van der Waals surface area contributed by atoms with Gasteiger partial charge >= 0.3 is 0 Å². The van der Waals surface area contributed by atoms with E-state index in [0.717, 1.165) is 11.4 Å². The van der Waals surface area contributed by atoms with Crippen LogP contribution in [0.25, 0.3) is 0 Å². The van der Waals surface area contributed by atoms with Crippen LogP contribution in [0.3, 0.4) is 0 Å². The lowest BCUT2D eigenvalue weighted by molar-refractivity contribution is 0.199. The normalized spacial score (nSPS) is 12.1. The lowest BCUT2D eigenvalue weighted by atomic mass is 10.2. The quantitative estimate of drug-likeness (QED) is 0.875. The summed E-state index contributed by atoms with van der Waals surface area (Å²) < 4.78 is 0. The molecule has 3 heteroatoms. The fraction of sp³-hybridized carbons (Fsp3) is 0.267. The number of nitrogens with zero attached hydrogens (tertiary/aromatic N) is 2. The van der Waals surface area contributed by atoms with Crippen molar-refractivity contribution in [3.05, 3.63) is 60.4 Å². The third-order valence-electron chi connectivity index (χ3n) is 2.68. The Kier molecular flexibility index (Phi) is 4.31. The van der Waals surface area contributed by atoms with Crippen LogP contribution in [0.5, 0.6) is 0 Å². The van der Waals surface area contributed by atoms with E-state index in [2.05, 4.69) is 9.88 Å². The van der Waals surface area contributed by atoms with E-state index in [1.165, 1.54) is 0 Å². The molecule has 0 unspecified atom stereocenters. The molecule has 0 spiro atoms. The molecule has 0 saturated carbocycles. The summed E-state index contributed by atoms with van der Waals surface area (Å²) in [4.78, 5) is 6.46. The number of para-hydroxylation sites is 1. The molecule has 1 heterocycles. The van der Waals surface area contributed by atoms with Gasteiger partial charge in [0.15, 0.2) is 0 Å². The summed E-state index contributed by atoms with van der Waals surface area (Å²) in [6.07, 6.45) is 1.43. The van der Waals surface area contributed by atoms with E-state index in [1.807, 2.05) is 48.5 Å². The fourth-order valence-electron chi connectivity index (χ4n) is 1.91. The molecule has 0 bridgehead atoms. The van der Waals surface area contributed by atoms with Gasteiger partial charge < -0.3 is 10.0 Å². The zero-order valence-corrected chi connectivity index (χ0v) is 10.5. The predicted octanol–water partition coefficient (Wildman–Crippen LogP) is 2.47. The first kappa shape index (κ1) is 12.6. The summed E-state index contributed by atoms with van der Waals surface area (Å²) in [7, 11) is 0. The van der Waals surface area contributed by atoms with Crippen molar-refractivity contribution >= 4 is 5.69 Å². The summed E-state index contributed by atoms with van der Waals surface area (Å²) in [5, 5.41) is 9.60. The Hall–Kier alpha value is -1.87. The fourth-order valence-corrected chi connectivity index (χ4v) is 1.91. The molecular formula is C15H18N2O. The Balaban J connectivity index is 2.16. The molecule has 3 nitrogen and oxygen atoms in total. The van der Waals surface area contributed by atoms with Gasteiger partial charge in [0, 0.05) is 18.4 Å². The average molecular weight is 242 g/mol. The second-order valence-electron chi connectivity index (χ2n) is 4.39. The van der Waals surface area contributed by atoms with Gasteiger partial charge in [-0.25, -0.2) is 0 Å². The van der Waals surface area contributed by atoms with E-state index in [4.69, 9.17) is 0 Å². The number of aliphatic hydroxyl groups is 1. The summed E-state index contributed by atoms with van der Waals surface area (Å²) in [6.45, 7) is 3.10. The first-order chi connectivity index (χ1) is 8.75. The Bertz CT molecular complexity index is 456. The molecule has 18 heavy (non-hydrogen) atoms. The van der Waals surface area contributed by atoms with Crippen molar-refractivity contribution in [3.63, 3.8) is 0 Å². The van der Waals surface area contributed by atoms with Gasteiger partial charge in [-0.05, 0) is 31.2 Å². The molecule has 0 aliphatic carbocycles. The molecule has 2 aromatic rings. The Morgan fingerprint density at radius 2 is 1.83 bits per heavy atom. The highest BCUT2D eigenvalue weighted by Crippen LogP contribution is 2.16. The molecular weight excluding hydrogens is 224 g/mol. The number of hydrogen-bond acceptors (Lipinski definition) is 3. The third kappa shape index (κ3) is 3.57. The molecule has 0 amide bonds. The molecule has 1 aromatic carbocycles. The summed E-state index contributed by atoms with van der Waals surface area (Å²) in [6, 6.07) is 16.0. The minimum Gasteiger partial charge on any atom is -0.392 e. The smallest absolute Gasteiger partial charge is 0.0687 e. The third-order valence-corrected chi connectivity index (χ3v) is 2.68. The lowest BCUT2D eigenvalue weighted by Crippen LogP contribution is -2.30. The lowest BCUT2D eigenvalue weighted by Gasteiger charge is -2.25. The van der Waals surface area contributed by atoms with Crippen molar-refractivity contribution in [2.75, 3.05) is 11.4 Å². The number of aromatic nitrogens is 1. The average Bonchev–Trinajstić information content (AvgIpc) is 2.40. The van der Waals surface area contributed by atoms with Crippen LogP contribution in [0.2, 0.25) is 0 Å². The molecule has 0 aliphatic heterocycles. The van der Waals surface area contributed by atoms with Crippen LogP contribution in [-0.4, -0.2) is 22.7 Å². The monoisotopic (exact) mass is 242 g/mol. The summed E-state index contributed by atoms with van der Waals surface area (Å²) >= 11 is 0. The molecule has 1 N–H and O–H groups in total. The standard InChI is InChI=1S/C15H18N2O/c1-13(18)11-17(15-8-3-2-4-9-15)12-14-7-5-6-10-16-14/h2-10,13,18H,11-12H2,1H3/t13-/m0/s1. The van der Waals surface area contributed by atoms with E-state index >= 15 is 0 Å². The van der Waals surface area contributed by atoms with E-state index in [9.17, 15) is 5.11 Å². The predicted molar refractivity (Wildman–Crippen MR) is 73.4 cm³/mol. The van der Waals surface area contributed by atoms with Crippen LogP contribution in [0.4, 0.5) is 5.69 Å². The van der Waals surface area contributed by atoms with Gasteiger partial charge in [-0.3, -0.25) is 4.98 Å². The van der Waals surface area contributed by atoms with Crippen molar-refractivity contribution in [3.8, 4) is 0 Å². The number of aliphatic hydroxyl groups excluding tert-OH is 1.